The molecule has 5 nitrogen and oxygen atoms in total. The number of hydrogen-bond acceptors (Lipinski definition) is 4. The summed E-state index contributed by atoms with van der Waals surface area (Å²) in [6.07, 6.45) is 4.17. The molecule has 5 heteroatoms. The summed E-state index contributed by atoms with van der Waals surface area (Å²) in [5, 5.41) is 23.6. The first-order chi connectivity index (χ1) is 13.3. The van der Waals surface area contributed by atoms with E-state index in [-0.39, 0.29) is 11.5 Å². The fourth-order valence-corrected chi connectivity index (χ4v) is 4.90. The van der Waals surface area contributed by atoms with E-state index in [1.807, 2.05) is 29.1 Å². The van der Waals surface area contributed by atoms with Gasteiger partial charge in [0.1, 0.15) is 6.04 Å². The first-order valence-corrected chi connectivity index (χ1v) is 9.71. The van der Waals surface area contributed by atoms with Crippen LogP contribution in [0.3, 0.4) is 0 Å². The molecule has 2 aliphatic rings. The lowest BCUT2D eigenvalue weighted by Gasteiger charge is -2.38. The van der Waals surface area contributed by atoms with E-state index in [1.165, 1.54) is 16.7 Å². The van der Waals surface area contributed by atoms with Crippen LogP contribution < -0.4 is 5.32 Å². The maximum Gasteiger partial charge on any atom is 0.106 e. The van der Waals surface area contributed by atoms with E-state index in [4.69, 9.17) is 0 Å². The van der Waals surface area contributed by atoms with Crippen LogP contribution in [0.15, 0.2) is 60.8 Å². The van der Waals surface area contributed by atoms with Crippen LogP contribution >= 0.6 is 0 Å². The molecule has 138 valence electrons. The van der Waals surface area contributed by atoms with E-state index >= 15 is 0 Å². The molecule has 2 aromatic carbocycles. The second kappa shape index (κ2) is 6.59. The van der Waals surface area contributed by atoms with Gasteiger partial charge >= 0.3 is 0 Å². The van der Waals surface area contributed by atoms with Gasteiger partial charge in [-0.25, -0.2) is 4.68 Å². The highest BCUT2D eigenvalue weighted by molar-refractivity contribution is 5.45. The van der Waals surface area contributed by atoms with Crippen molar-refractivity contribution in [3.8, 4) is 0 Å². The Bertz CT molecular complexity index is 930. The van der Waals surface area contributed by atoms with E-state index < -0.39 is 6.10 Å². The maximum absolute atomic E-state index is 11.4. The van der Waals surface area contributed by atoms with Gasteiger partial charge in [-0.3, -0.25) is 0 Å². The summed E-state index contributed by atoms with van der Waals surface area (Å²) in [4.78, 5) is 0. The summed E-state index contributed by atoms with van der Waals surface area (Å²) in [7, 11) is 0. The third-order valence-corrected chi connectivity index (χ3v) is 6.25. The Kier molecular flexibility index (Phi) is 4.06. The van der Waals surface area contributed by atoms with E-state index in [0.717, 1.165) is 38.0 Å². The minimum atomic E-state index is -0.483. The molecule has 1 aromatic heterocycles. The number of piperidine rings is 1. The van der Waals surface area contributed by atoms with Crippen molar-refractivity contribution in [2.45, 2.75) is 36.8 Å². The smallest absolute Gasteiger partial charge is 0.106 e. The Balaban J connectivity index is 1.50. The Hall–Kier alpha value is -2.50. The number of aliphatic hydroxyl groups excluding tert-OH is 1. The molecule has 1 spiro atoms. The summed E-state index contributed by atoms with van der Waals surface area (Å²) >= 11 is 0. The van der Waals surface area contributed by atoms with Gasteiger partial charge in [0.15, 0.2) is 0 Å². The SMILES string of the molecule is O[C@H]1[C@H](n2cc(Cc3ccccc3)nn2)c2ccccc2C12CCNCC2. The fourth-order valence-electron chi connectivity index (χ4n) is 4.90. The topological polar surface area (TPSA) is 63.0 Å². The van der Waals surface area contributed by atoms with Crippen LogP contribution in [0.4, 0.5) is 0 Å². The predicted molar refractivity (Wildman–Crippen MR) is 104 cm³/mol. The van der Waals surface area contributed by atoms with E-state index in [0.29, 0.717) is 0 Å². The zero-order valence-electron chi connectivity index (χ0n) is 15.3. The zero-order chi connectivity index (χ0) is 18.3. The molecule has 1 saturated heterocycles. The van der Waals surface area contributed by atoms with E-state index in [9.17, 15) is 5.11 Å². The highest BCUT2D eigenvalue weighted by Crippen LogP contribution is 2.51. The van der Waals surface area contributed by atoms with Gasteiger partial charge in [-0.2, -0.15) is 0 Å². The first-order valence-electron chi connectivity index (χ1n) is 9.71. The average Bonchev–Trinajstić information content (AvgIpc) is 3.25. The van der Waals surface area contributed by atoms with Crippen LogP contribution in [0.2, 0.25) is 0 Å². The quantitative estimate of drug-likeness (QED) is 0.753. The molecule has 0 radical (unpaired) electrons. The van der Waals surface area contributed by atoms with Gasteiger partial charge in [0.2, 0.25) is 0 Å². The van der Waals surface area contributed by atoms with Gasteiger partial charge in [-0.15, -0.1) is 5.10 Å². The molecule has 3 aromatic rings. The lowest BCUT2D eigenvalue weighted by molar-refractivity contribution is 0.0421. The number of nitrogens with one attached hydrogen (secondary N) is 1. The average molecular weight is 360 g/mol. The van der Waals surface area contributed by atoms with Crippen molar-refractivity contribution >= 4 is 0 Å². The molecule has 2 N–H and O–H groups in total. The van der Waals surface area contributed by atoms with Gasteiger partial charge in [0, 0.05) is 18.0 Å². The fraction of sp³-hybridized carbons (Fsp3) is 0.364. The Morgan fingerprint density at radius 1 is 1.04 bits per heavy atom. The molecule has 2 heterocycles. The van der Waals surface area contributed by atoms with Crippen molar-refractivity contribution < 1.29 is 5.11 Å². The van der Waals surface area contributed by atoms with Crippen molar-refractivity contribution in [2.75, 3.05) is 13.1 Å². The summed E-state index contributed by atoms with van der Waals surface area (Å²) in [6, 6.07) is 18.6. The van der Waals surface area contributed by atoms with Gasteiger partial charge < -0.3 is 10.4 Å². The summed E-state index contributed by atoms with van der Waals surface area (Å²) in [5.74, 6) is 0. The maximum atomic E-state index is 11.4. The standard InChI is InChI=1S/C22H24N4O/c27-21-20(26-15-17(24-25-26)14-16-6-2-1-3-7-16)18-8-4-5-9-19(18)22(21)10-12-23-13-11-22/h1-9,15,20-21,23,27H,10-14H2/t20-,21+/m1/s1. The second-order valence-corrected chi connectivity index (χ2v) is 7.74. The third-order valence-electron chi connectivity index (χ3n) is 6.25. The van der Waals surface area contributed by atoms with Crippen LogP contribution in [0.25, 0.3) is 0 Å². The third kappa shape index (κ3) is 2.69. The van der Waals surface area contributed by atoms with Gasteiger partial charge in [-0.05, 0) is 42.6 Å². The van der Waals surface area contributed by atoms with Gasteiger partial charge in [0.05, 0.1) is 11.8 Å². The highest BCUT2D eigenvalue weighted by Gasteiger charge is 2.52. The Morgan fingerprint density at radius 3 is 2.59 bits per heavy atom. The van der Waals surface area contributed by atoms with Crippen LogP contribution in [0, 0.1) is 0 Å². The molecule has 0 bridgehead atoms. The lowest BCUT2D eigenvalue weighted by atomic mass is 9.72. The Labute approximate surface area is 159 Å². The van der Waals surface area contributed by atoms with Crippen molar-refractivity contribution in [2.24, 2.45) is 0 Å². The van der Waals surface area contributed by atoms with Crippen LogP contribution in [0.1, 0.15) is 41.3 Å². The number of aromatic nitrogens is 3. The summed E-state index contributed by atoms with van der Waals surface area (Å²) < 4.78 is 1.87. The molecule has 27 heavy (non-hydrogen) atoms. The number of benzene rings is 2. The molecular formula is C22H24N4O. The van der Waals surface area contributed by atoms with Crippen LogP contribution in [0.5, 0.6) is 0 Å². The number of fused-ring (bicyclic) bond motifs is 2. The molecular weight excluding hydrogens is 336 g/mol. The molecule has 5 rings (SSSR count). The molecule has 1 aliphatic carbocycles. The van der Waals surface area contributed by atoms with Crippen molar-refractivity contribution in [1.29, 1.82) is 0 Å². The molecule has 0 unspecified atom stereocenters. The largest absolute Gasteiger partial charge is 0.390 e. The molecule has 1 fully saturated rings. The number of aliphatic hydroxyl groups is 1. The highest BCUT2D eigenvalue weighted by atomic mass is 16.3. The normalized spacial score (nSPS) is 23.4. The minimum absolute atomic E-state index is 0.170. The zero-order valence-corrected chi connectivity index (χ0v) is 15.3. The molecule has 0 amide bonds. The van der Waals surface area contributed by atoms with Crippen molar-refractivity contribution in [1.82, 2.24) is 20.3 Å². The first kappa shape index (κ1) is 16.7. The van der Waals surface area contributed by atoms with Crippen molar-refractivity contribution in [3.05, 3.63) is 83.2 Å². The molecule has 1 aliphatic heterocycles. The molecule has 2 atom stereocenters. The number of nitrogens with zero attached hydrogens (tertiary/aromatic N) is 3. The van der Waals surface area contributed by atoms with Gasteiger partial charge in [0.25, 0.3) is 0 Å². The minimum Gasteiger partial charge on any atom is -0.390 e. The van der Waals surface area contributed by atoms with Crippen LogP contribution in [-0.2, 0) is 11.8 Å². The van der Waals surface area contributed by atoms with E-state index in [1.54, 1.807) is 0 Å². The second-order valence-electron chi connectivity index (χ2n) is 7.74. The predicted octanol–water partition coefficient (Wildman–Crippen LogP) is 2.45. The van der Waals surface area contributed by atoms with Gasteiger partial charge in [-0.1, -0.05) is 59.8 Å². The number of rotatable bonds is 3. The summed E-state index contributed by atoms with van der Waals surface area (Å²) in [5.41, 5.74) is 4.42. The lowest BCUT2D eigenvalue weighted by Crippen LogP contribution is -2.47. The van der Waals surface area contributed by atoms with Crippen molar-refractivity contribution in [3.63, 3.8) is 0 Å². The van der Waals surface area contributed by atoms with Crippen LogP contribution in [-0.4, -0.2) is 39.3 Å². The molecule has 0 saturated carbocycles. The Morgan fingerprint density at radius 2 is 1.78 bits per heavy atom. The van der Waals surface area contributed by atoms with E-state index in [2.05, 4.69) is 52.0 Å². The monoisotopic (exact) mass is 360 g/mol. The summed E-state index contributed by atoms with van der Waals surface area (Å²) in [6.45, 7) is 1.88. The number of hydrogen-bond donors (Lipinski definition) is 2.